The van der Waals surface area contributed by atoms with E-state index in [-0.39, 0.29) is 5.91 Å². The van der Waals surface area contributed by atoms with Gasteiger partial charge in [-0.2, -0.15) is 0 Å². The molecule has 0 unspecified atom stereocenters. The molecule has 1 aromatic heterocycles. The largest absolute Gasteiger partial charge is 0.411 e. The second-order valence-electron chi connectivity index (χ2n) is 7.37. The van der Waals surface area contributed by atoms with Crippen LogP contribution in [0.25, 0.3) is 11.5 Å². The molecule has 2 aromatic rings. The molecule has 2 atom stereocenters. The molecule has 1 aromatic carbocycles. The van der Waals surface area contributed by atoms with Crippen LogP contribution >= 0.6 is 11.8 Å². The lowest BCUT2D eigenvalue weighted by Crippen LogP contribution is -2.50. The Morgan fingerprint density at radius 2 is 2.08 bits per heavy atom. The highest BCUT2D eigenvalue weighted by Crippen LogP contribution is 2.35. The van der Waals surface area contributed by atoms with Crippen LogP contribution in [0.4, 0.5) is 0 Å². The molecule has 0 bridgehead atoms. The number of aryl methyl sites for hydroxylation is 1. The lowest BCUT2D eigenvalue weighted by molar-refractivity contribution is -0.134. The van der Waals surface area contributed by atoms with Crippen LogP contribution in [0.15, 0.2) is 33.9 Å². The van der Waals surface area contributed by atoms with Crippen molar-refractivity contribution in [3.05, 3.63) is 29.8 Å². The van der Waals surface area contributed by atoms with Crippen molar-refractivity contribution < 1.29 is 9.21 Å². The lowest BCUT2D eigenvalue weighted by atomic mass is 9.78. The molecular formula is C20H25N3O2S. The summed E-state index contributed by atoms with van der Waals surface area (Å²) < 4.78 is 5.74. The minimum atomic E-state index is 0.210. The predicted molar refractivity (Wildman–Crippen MR) is 102 cm³/mol. The quantitative estimate of drug-likeness (QED) is 0.749. The highest BCUT2D eigenvalue weighted by molar-refractivity contribution is 7.99. The molecule has 4 rings (SSSR count). The first-order valence-corrected chi connectivity index (χ1v) is 10.5. The molecule has 1 saturated heterocycles. The van der Waals surface area contributed by atoms with Crippen molar-refractivity contribution in [3.63, 3.8) is 0 Å². The maximum absolute atomic E-state index is 12.8. The number of fused-ring (bicyclic) bond motifs is 1. The third kappa shape index (κ3) is 3.80. The summed E-state index contributed by atoms with van der Waals surface area (Å²) in [5, 5.41) is 8.68. The number of nitrogens with zero attached hydrogens (tertiary/aromatic N) is 3. The maximum Gasteiger partial charge on any atom is 0.277 e. The molecule has 5 nitrogen and oxygen atoms in total. The van der Waals surface area contributed by atoms with Crippen LogP contribution in [0.5, 0.6) is 0 Å². The van der Waals surface area contributed by atoms with E-state index in [4.69, 9.17) is 4.42 Å². The predicted octanol–water partition coefficient (Wildman–Crippen LogP) is 4.32. The molecule has 138 valence electrons. The van der Waals surface area contributed by atoms with Crippen LogP contribution in [0.3, 0.4) is 0 Å². The normalized spacial score (nSPS) is 22.9. The van der Waals surface area contributed by atoms with Crippen molar-refractivity contribution in [2.45, 2.75) is 56.7 Å². The highest BCUT2D eigenvalue weighted by Gasteiger charge is 2.35. The van der Waals surface area contributed by atoms with E-state index < -0.39 is 0 Å². The number of likely N-dealkylation sites (tertiary alicyclic amines) is 1. The average molecular weight is 372 g/mol. The maximum atomic E-state index is 12.8. The summed E-state index contributed by atoms with van der Waals surface area (Å²) in [5.74, 6) is 1.80. The summed E-state index contributed by atoms with van der Waals surface area (Å²) in [4.78, 5) is 14.9. The standard InChI is InChI=1S/C20H25N3O2S/c1-14-6-4-8-16(12-14)19-21-22-20(25-19)26-13-18(24)23-11-5-9-15-7-2-3-10-17(15)23/h4,6,8,12,15,17H,2-3,5,7,9-11,13H2,1H3/t15-,17-/m1/s1. The Kier molecular flexibility index (Phi) is 5.29. The van der Waals surface area contributed by atoms with Crippen LogP contribution < -0.4 is 0 Å². The first kappa shape index (κ1) is 17.6. The van der Waals surface area contributed by atoms with Gasteiger partial charge in [0, 0.05) is 18.2 Å². The van der Waals surface area contributed by atoms with E-state index in [1.54, 1.807) is 0 Å². The highest BCUT2D eigenvalue weighted by atomic mass is 32.2. The number of amides is 1. The Morgan fingerprint density at radius 1 is 1.23 bits per heavy atom. The fourth-order valence-corrected chi connectivity index (χ4v) is 4.95. The number of piperidine rings is 1. The number of carbonyl (C=O) groups excluding carboxylic acids is 1. The summed E-state index contributed by atoms with van der Waals surface area (Å²) in [6.45, 7) is 2.93. The molecule has 26 heavy (non-hydrogen) atoms. The van der Waals surface area contributed by atoms with E-state index in [1.165, 1.54) is 43.9 Å². The van der Waals surface area contributed by atoms with Crippen molar-refractivity contribution in [1.82, 2.24) is 15.1 Å². The molecule has 1 saturated carbocycles. The van der Waals surface area contributed by atoms with E-state index in [1.807, 2.05) is 31.2 Å². The number of hydrogen-bond donors (Lipinski definition) is 0. The minimum Gasteiger partial charge on any atom is -0.411 e. The summed E-state index contributed by atoms with van der Waals surface area (Å²) in [6, 6.07) is 8.44. The zero-order valence-electron chi connectivity index (χ0n) is 15.2. The first-order valence-electron chi connectivity index (χ1n) is 9.53. The van der Waals surface area contributed by atoms with Gasteiger partial charge in [-0.05, 0) is 50.7 Å². The summed E-state index contributed by atoms with van der Waals surface area (Å²) in [5.41, 5.74) is 2.06. The van der Waals surface area contributed by atoms with Crippen LogP contribution in [-0.2, 0) is 4.79 Å². The number of hydrogen-bond acceptors (Lipinski definition) is 5. The summed E-state index contributed by atoms with van der Waals surface area (Å²) in [7, 11) is 0. The van der Waals surface area contributed by atoms with Gasteiger partial charge in [0.05, 0.1) is 5.75 Å². The third-order valence-electron chi connectivity index (χ3n) is 5.55. The van der Waals surface area contributed by atoms with E-state index in [9.17, 15) is 4.79 Å². The number of rotatable bonds is 4. The first-order chi connectivity index (χ1) is 12.7. The Morgan fingerprint density at radius 3 is 2.96 bits per heavy atom. The number of aromatic nitrogens is 2. The zero-order valence-corrected chi connectivity index (χ0v) is 16.0. The van der Waals surface area contributed by atoms with Crippen molar-refractivity contribution in [3.8, 4) is 11.5 Å². The Balaban J connectivity index is 1.37. The van der Waals surface area contributed by atoms with E-state index in [0.717, 1.165) is 24.1 Å². The molecule has 2 heterocycles. The second kappa shape index (κ2) is 7.82. The van der Waals surface area contributed by atoms with Gasteiger partial charge in [-0.1, -0.05) is 42.3 Å². The van der Waals surface area contributed by atoms with Crippen LogP contribution in [0, 0.1) is 12.8 Å². The smallest absolute Gasteiger partial charge is 0.277 e. The van der Waals surface area contributed by atoms with Crippen molar-refractivity contribution in [1.29, 1.82) is 0 Å². The van der Waals surface area contributed by atoms with E-state index in [0.29, 0.717) is 28.8 Å². The van der Waals surface area contributed by atoms with Crippen LogP contribution in [-0.4, -0.2) is 39.3 Å². The molecule has 0 radical (unpaired) electrons. The van der Waals surface area contributed by atoms with Crippen molar-refractivity contribution in [2.24, 2.45) is 5.92 Å². The molecule has 6 heteroatoms. The van der Waals surface area contributed by atoms with E-state index >= 15 is 0 Å². The van der Waals surface area contributed by atoms with Crippen LogP contribution in [0.1, 0.15) is 44.1 Å². The minimum absolute atomic E-state index is 0.210. The molecule has 1 aliphatic carbocycles. The SMILES string of the molecule is Cc1cccc(-c2nnc(SCC(=O)N3CCC[C@H]4CCCC[C@H]43)o2)c1. The molecule has 1 aliphatic heterocycles. The second-order valence-corrected chi connectivity index (χ2v) is 8.30. The Labute approximate surface area is 158 Å². The average Bonchev–Trinajstić information content (AvgIpc) is 3.15. The van der Waals surface area contributed by atoms with Gasteiger partial charge in [-0.3, -0.25) is 4.79 Å². The topological polar surface area (TPSA) is 59.2 Å². The van der Waals surface area contributed by atoms with Gasteiger partial charge in [-0.25, -0.2) is 0 Å². The molecule has 1 amide bonds. The van der Waals surface area contributed by atoms with Gasteiger partial charge in [0.1, 0.15) is 0 Å². The molecule has 0 N–H and O–H groups in total. The summed E-state index contributed by atoms with van der Waals surface area (Å²) >= 11 is 1.35. The third-order valence-corrected chi connectivity index (χ3v) is 6.36. The van der Waals surface area contributed by atoms with Gasteiger partial charge in [0.2, 0.25) is 11.8 Å². The summed E-state index contributed by atoms with van der Waals surface area (Å²) in [6.07, 6.45) is 7.44. The fourth-order valence-electron chi connectivity index (χ4n) is 4.30. The molecule has 2 fully saturated rings. The number of thioether (sulfide) groups is 1. The van der Waals surface area contributed by atoms with Crippen LogP contribution in [0.2, 0.25) is 0 Å². The van der Waals surface area contributed by atoms with Gasteiger partial charge in [0.15, 0.2) is 0 Å². The van der Waals surface area contributed by atoms with Crippen molar-refractivity contribution in [2.75, 3.05) is 12.3 Å². The monoisotopic (exact) mass is 371 g/mol. The molecule has 2 aliphatic rings. The van der Waals surface area contributed by atoms with E-state index in [2.05, 4.69) is 15.1 Å². The molecular weight excluding hydrogens is 346 g/mol. The fraction of sp³-hybridized carbons (Fsp3) is 0.550. The van der Waals surface area contributed by atoms with Crippen molar-refractivity contribution >= 4 is 17.7 Å². The van der Waals surface area contributed by atoms with Gasteiger partial charge in [0.25, 0.3) is 5.22 Å². The number of benzene rings is 1. The van der Waals surface area contributed by atoms with Gasteiger partial charge in [-0.15, -0.1) is 10.2 Å². The van der Waals surface area contributed by atoms with Gasteiger partial charge >= 0.3 is 0 Å². The Hall–Kier alpha value is -1.82. The lowest BCUT2D eigenvalue weighted by Gasteiger charge is -2.44. The van der Waals surface area contributed by atoms with Gasteiger partial charge < -0.3 is 9.32 Å². The number of carbonyl (C=O) groups is 1. The zero-order chi connectivity index (χ0) is 17.9. The molecule has 0 spiro atoms. The Bertz CT molecular complexity index is 774.